The van der Waals surface area contributed by atoms with Gasteiger partial charge in [-0.1, -0.05) is 115 Å². The molecule has 256 valence electrons. The van der Waals surface area contributed by atoms with Gasteiger partial charge in [0.05, 0.1) is 33.5 Å². The van der Waals surface area contributed by atoms with Gasteiger partial charge < -0.3 is 0 Å². The Hall–Kier alpha value is -7.56. The van der Waals surface area contributed by atoms with Gasteiger partial charge in [0.15, 0.2) is 0 Å². The van der Waals surface area contributed by atoms with Crippen LogP contribution in [0.4, 0.5) is 0 Å². The maximum Gasteiger partial charge on any atom is 0.0972 e. The first kappa shape index (κ1) is 29.8. The predicted molar refractivity (Wildman–Crippen MR) is 233 cm³/mol. The highest BCUT2D eigenvalue weighted by Crippen LogP contribution is 2.53. The molecule has 1 aliphatic rings. The molecule has 8 aromatic carbocycles. The maximum atomic E-state index is 5.48. The van der Waals surface area contributed by atoms with Crippen LogP contribution < -0.4 is 0 Å². The van der Waals surface area contributed by atoms with Crippen molar-refractivity contribution in [1.82, 2.24) is 19.9 Å². The molecule has 1 aliphatic carbocycles. The van der Waals surface area contributed by atoms with Gasteiger partial charge in [0, 0.05) is 45.1 Å². The molecule has 4 heterocycles. The lowest BCUT2D eigenvalue weighted by atomic mass is 9.86. The molecule has 0 amide bonds. The Labute approximate surface area is 320 Å². The van der Waals surface area contributed by atoms with Gasteiger partial charge in [0.2, 0.25) is 0 Å². The molecule has 0 N–H and O–H groups in total. The Morgan fingerprint density at radius 1 is 0.286 bits per heavy atom. The van der Waals surface area contributed by atoms with E-state index in [4.69, 9.17) is 19.9 Å². The molecule has 0 fully saturated rings. The van der Waals surface area contributed by atoms with Crippen LogP contribution in [-0.2, 0) is 0 Å². The average Bonchev–Trinajstić information content (AvgIpc) is 3.57. The monoisotopic (exact) mass is 708 g/mol. The van der Waals surface area contributed by atoms with Crippen LogP contribution in [-0.4, -0.2) is 19.9 Å². The Bertz CT molecular complexity index is 3720. The minimum atomic E-state index is 0.905. The van der Waals surface area contributed by atoms with Crippen molar-refractivity contribution in [2.45, 2.75) is 0 Å². The first-order chi connectivity index (χ1) is 27.8. The third-order valence-electron chi connectivity index (χ3n) is 12.0. The maximum absolute atomic E-state index is 5.48. The van der Waals surface area contributed by atoms with E-state index in [1.165, 1.54) is 43.8 Å². The zero-order chi connectivity index (χ0) is 36.5. The minimum absolute atomic E-state index is 0.905. The molecule has 13 rings (SSSR count). The van der Waals surface area contributed by atoms with E-state index in [9.17, 15) is 0 Å². The molecule has 0 atom stereocenters. The van der Waals surface area contributed by atoms with Crippen LogP contribution in [0.15, 0.2) is 170 Å². The second-order valence-corrected chi connectivity index (χ2v) is 14.9. The average molecular weight is 709 g/mol. The fourth-order valence-electron chi connectivity index (χ4n) is 9.55. The van der Waals surface area contributed by atoms with E-state index in [1.807, 2.05) is 24.5 Å². The van der Waals surface area contributed by atoms with Gasteiger partial charge in [-0.05, 0) is 108 Å². The molecule has 0 saturated heterocycles. The van der Waals surface area contributed by atoms with E-state index in [-0.39, 0.29) is 0 Å². The number of fused-ring (bicyclic) bond motifs is 13. The molecule has 0 unspecified atom stereocenters. The number of benzene rings is 8. The summed E-state index contributed by atoms with van der Waals surface area (Å²) in [7, 11) is 0. The van der Waals surface area contributed by atoms with Gasteiger partial charge in [0.1, 0.15) is 0 Å². The lowest BCUT2D eigenvalue weighted by molar-refractivity contribution is 1.37. The van der Waals surface area contributed by atoms with E-state index in [1.54, 1.807) is 0 Å². The molecule has 12 aromatic rings. The summed E-state index contributed by atoms with van der Waals surface area (Å²) < 4.78 is 0. The highest BCUT2D eigenvalue weighted by molar-refractivity contribution is 6.28. The molecule has 0 saturated carbocycles. The van der Waals surface area contributed by atoms with Crippen LogP contribution in [0.1, 0.15) is 0 Å². The SMILES string of the molecule is c1ccc2c(c1)cc1c3c(cccc32)-c2cc3c(-c4ccc5ccc6cccnc6c5n4)c4ccccc4c(-c4ccc5ccc6cccnc6c5n4)c3cc2-1. The Morgan fingerprint density at radius 3 is 1.38 bits per heavy atom. The van der Waals surface area contributed by atoms with E-state index in [2.05, 4.69) is 146 Å². The van der Waals surface area contributed by atoms with Crippen molar-refractivity contribution in [3.8, 4) is 44.8 Å². The van der Waals surface area contributed by atoms with E-state index in [0.717, 1.165) is 87.7 Å². The van der Waals surface area contributed by atoms with Gasteiger partial charge in [-0.15, -0.1) is 0 Å². The molecule has 0 spiro atoms. The van der Waals surface area contributed by atoms with Crippen LogP contribution in [0, 0.1) is 0 Å². The zero-order valence-electron chi connectivity index (χ0n) is 30.0. The minimum Gasteiger partial charge on any atom is -0.254 e. The molecular weight excluding hydrogens is 681 g/mol. The molecular formula is C52H28N4. The van der Waals surface area contributed by atoms with Gasteiger partial charge in [0.25, 0.3) is 0 Å². The third-order valence-corrected chi connectivity index (χ3v) is 12.0. The van der Waals surface area contributed by atoms with Gasteiger partial charge >= 0.3 is 0 Å². The van der Waals surface area contributed by atoms with Gasteiger partial charge in [-0.25, -0.2) is 9.97 Å². The quantitative estimate of drug-likeness (QED) is 0.132. The summed E-state index contributed by atoms with van der Waals surface area (Å²) in [6.45, 7) is 0. The predicted octanol–water partition coefficient (Wildman–Crippen LogP) is 13.5. The topological polar surface area (TPSA) is 51.6 Å². The van der Waals surface area contributed by atoms with Crippen molar-refractivity contribution >= 4 is 86.7 Å². The van der Waals surface area contributed by atoms with E-state index >= 15 is 0 Å². The molecule has 0 bridgehead atoms. The summed E-state index contributed by atoms with van der Waals surface area (Å²) in [6, 6.07) is 57.0. The lowest BCUT2D eigenvalue weighted by Gasteiger charge is -2.19. The summed E-state index contributed by atoms with van der Waals surface area (Å²) in [5.74, 6) is 0. The number of hydrogen-bond acceptors (Lipinski definition) is 4. The molecule has 0 aliphatic heterocycles. The second-order valence-electron chi connectivity index (χ2n) is 14.9. The second kappa shape index (κ2) is 11.0. The smallest absolute Gasteiger partial charge is 0.0972 e. The van der Waals surface area contributed by atoms with Crippen LogP contribution in [0.2, 0.25) is 0 Å². The molecule has 56 heavy (non-hydrogen) atoms. The van der Waals surface area contributed by atoms with Crippen LogP contribution in [0.5, 0.6) is 0 Å². The Kier molecular flexibility index (Phi) is 5.86. The fourth-order valence-corrected chi connectivity index (χ4v) is 9.55. The fraction of sp³-hybridized carbons (Fsp3) is 0. The Morgan fingerprint density at radius 2 is 0.768 bits per heavy atom. The van der Waals surface area contributed by atoms with E-state index in [0.29, 0.717) is 0 Å². The third kappa shape index (κ3) is 4.02. The first-order valence-electron chi connectivity index (χ1n) is 19.0. The summed E-state index contributed by atoms with van der Waals surface area (Å²) in [5.41, 5.74) is 12.7. The molecule has 0 radical (unpaired) electrons. The summed E-state index contributed by atoms with van der Waals surface area (Å²) in [6.07, 6.45) is 3.71. The van der Waals surface area contributed by atoms with Gasteiger partial charge in [-0.2, -0.15) is 0 Å². The Balaban J connectivity index is 1.20. The summed E-state index contributed by atoms with van der Waals surface area (Å²) >= 11 is 0. The van der Waals surface area contributed by atoms with Crippen LogP contribution >= 0.6 is 0 Å². The normalized spacial score (nSPS) is 12.3. The number of pyridine rings is 4. The van der Waals surface area contributed by atoms with E-state index < -0.39 is 0 Å². The number of nitrogens with zero attached hydrogens (tertiary/aromatic N) is 4. The highest BCUT2D eigenvalue weighted by atomic mass is 14.8. The number of hydrogen-bond donors (Lipinski definition) is 0. The van der Waals surface area contributed by atoms with Crippen molar-refractivity contribution in [2.24, 2.45) is 0 Å². The largest absolute Gasteiger partial charge is 0.254 e. The van der Waals surface area contributed by atoms with Crippen molar-refractivity contribution < 1.29 is 0 Å². The van der Waals surface area contributed by atoms with Crippen molar-refractivity contribution in [3.63, 3.8) is 0 Å². The van der Waals surface area contributed by atoms with Crippen molar-refractivity contribution in [1.29, 1.82) is 0 Å². The highest BCUT2D eigenvalue weighted by Gasteiger charge is 2.27. The standard InChI is InChI=1S/C52H28N4/c1-2-11-34-33(8-1)26-41-40-28-43-42(27-39(40)38-15-5-14-35(34)46(38)41)47(44-22-20-31-18-16-29-9-6-24-53-49(29)51(31)55-44)36-12-3-4-13-37(36)48(43)45-23-21-32-19-17-30-10-7-25-54-50(30)52(32)56-45/h1-28H. The summed E-state index contributed by atoms with van der Waals surface area (Å²) in [4.78, 5) is 20.6. The van der Waals surface area contributed by atoms with Crippen molar-refractivity contribution in [2.75, 3.05) is 0 Å². The number of aromatic nitrogens is 4. The molecule has 4 heteroatoms. The molecule has 4 nitrogen and oxygen atoms in total. The first-order valence-corrected chi connectivity index (χ1v) is 19.0. The number of rotatable bonds is 2. The zero-order valence-corrected chi connectivity index (χ0v) is 30.0. The van der Waals surface area contributed by atoms with Gasteiger partial charge in [-0.3, -0.25) is 9.97 Å². The van der Waals surface area contributed by atoms with Crippen molar-refractivity contribution in [3.05, 3.63) is 170 Å². The van der Waals surface area contributed by atoms with Crippen LogP contribution in [0.3, 0.4) is 0 Å². The lowest BCUT2D eigenvalue weighted by Crippen LogP contribution is -1.96. The van der Waals surface area contributed by atoms with Crippen LogP contribution in [0.25, 0.3) is 131 Å². The molecule has 4 aromatic heterocycles. The summed E-state index contributed by atoms with van der Waals surface area (Å²) in [5, 5.41) is 14.0.